The third kappa shape index (κ3) is 6.08. The minimum absolute atomic E-state index is 0.0379. The molecule has 2 rings (SSSR count). The van der Waals surface area contributed by atoms with E-state index in [0.717, 1.165) is 46.2 Å². The Hall–Kier alpha value is -2.53. The number of rotatable bonds is 9. The van der Waals surface area contributed by atoms with E-state index in [9.17, 15) is 4.79 Å². The number of quaternary nitrogens is 1. The molecule has 0 aliphatic carbocycles. The molecule has 1 atom stereocenters. The number of likely N-dealkylation sites (N-methyl/N-ethyl adjacent to an activating group) is 1. The summed E-state index contributed by atoms with van der Waals surface area (Å²) in [5, 5.41) is 3.03. The number of nitrogens with one attached hydrogen (secondary N) is 2. The summed E-state index contributed by atoms with van der Waals surface area (Å²) < 4.78 is 10.8. The molecule has 5 nitrogen and oxygen atoms in total. The number of amides is 1. The van der Waals surface area contributed by atoms with Crippen LogP contribution in [-0.4, -0.2) is 39.8 Å². The van der Waals surface area contributed by atoms with E-state index in [4.69, 9.17) is 9.47 Å². The fourth-order valence-corrected chi connectivity index (χ4v) is 2.79. The van der Waals surface area contributed by atoms with Gasteiger partial charge in [-0.3, -0.25) is 4.79 Å². The third-order valence-corrected chi connectivity index (χ3v) is 4.28. The predicted molar refractivity (Wildman–Crippen MR) is 104 cm³/mol. The van der Waals surface area contributed by atoms with Crippen molar-refractivity contribution in [2.45, 2.75) is 20.3 Å². The van der Waals surface area contributed by atoms with E-state index in [2.05, 4.69) is 5.32 Å². The Balaban J connectivity index is 1.69. The van der Waals surface area contributed by atoms with Crippen LogP contribution in [0.2, 0.25) is 0 Å². The van der Waals surface area contributed by atoms with E-state index in [1.807, 2.05) is 63.4 Å². The summed E-state index contributed by atoms with van der Waals surface area (Å²) in [5.41, 5.74) is 3.10. The van der Waals surface area contributed by atoms with Crippen molar-refractivity contribution in [2.75, 3.05) is 39.2 Å². The molecular formula is C21H29N2O3+. The molecule has 2 aromatic rings. The van der Waals surface area contributed by atoms with Gasteiger partial charge in [-0.25, -0.2) is 0 Å². The Morgan fingerprint density at radius 1 is 1.04 bits per heavy atom. The maximum Gasteiger partial charge on any atom is 0.279 e. The van der Waals surface area contributed by atoms with Gasteiger partial charge < -0.3 is 19.7 Å². The van der Waals surface area contributed by atoms with Gasteiger partial charge in [0.25, 0.3) is 5.91 Å². The molecule has 140 valence electrons. The molecule has 0 heterocycles. The topological polar surface area (TPSA) is 52.0 Å². The molecule has 2 N–H and O–H groups in total. The summed E-state index contributed by atoms with van der Waals surface area (Å²) in [6.07, 6.45) is 0.883. The standard InChI is InChI=1S/C21H28N2O3/c1-16-7-5-8-17(2)21(16)22-20(24)15-23(3)13-6-14-26-19-11-9-18(25-4)10-12-19/h5,7-12H,6,13-15H2,1-4H3,(H,22,24)/p+1. The number of carbonyl (C=O) groups is 1. The largest absolute Gasteiger partial charge is 0.497 e. The van der Waals surface area contributed by atoms with Crippen LogP contribution in [-0.2, 0) is 4.79 Å². The smallest absolute Gasteiger partial charge is 0.279 e. The van der Waals surface area contributed by atoms with Gasteiger partial charge in [0.2, 0.25) is 0 Å². The number of hydrogen-bond donors (Lipinski definition) is 2. The van der Waals surface area contributed by atoms with Crippen LogP contribution in [0.25, 0.3) is 0 Å². The quantitative estimate of drug-likeness (QED) is 0.677. The van der Waals surface area contributed by atoms with Gasteiger partial charge in [0.05, 0.1) is 27.3 Å². The first-order valence-electron chi connectivity index (χ1n) is 8.94. The first-order chi connectivity index (χ1) is 12.5. The van der Waals surface area contributed by atoms with E-state index in [-0.39, 0.29) is 5.91 Å². The van der Waals surface area contributed by atoms with Crippen molar-refractivity contribution in [3.05, 3.63) is 53.6 Å². The van der Waals surface area contributed by atoms with Crippen LogP contribution in [0.1, 0.15) is 17.5 Å². The molecule has 0 spiro atoms. The van der Waals surface area contributed by atoms with Gasteiger partial charge in [0.15, 0.2) is 6.54 Å². The molecule has 5 heteroatoms. The molecule has 1 amide bonds. The zero-order chi connectivity index (χ0) is 18.9. The van der Waals surface area contributed by atoms with Crippen LogP contribution in [0.4, 0.5) is 5.69 Å². The molecule has 26 heavy (non-hydrogen) atoms. The normalized spacial score (nSPS) is 11.7. The van der Waals surface area contributed by atoms with Gasteiger partial charge in [0, 0.05) is 12.1 Å². The second-order valence-electron chi connectivity index (χ2n) is 6.58. The number of anilines is 1. The first-order valence-corrected chi connectivity index (χ1v) is 8.94. The average molecular weight is 357 g/mol. The SMILES string of the molecule is COc1ccc(OCCC[NH+](C)CC(=O)Nc2c(C)cccc2C)cc1. The Labute approximate surface area is 155 Å². The maximum atomic E-state index is 12.3. The van der Waals surface area contributed by atoms with Crippen molar-refractivity contribution in [3.63, 3.8) is 0 Å². The molecule has 0 aliphatic rings. The second-order valence-corrected chi connectivity index (χ2v) is 6.58. The monoisotopic (exact) mass is 357 g/mol. The van der Waals surface area contributed by atoms with E-state index in [0.29, 0.717) is 13.2 Å². The molecule has 2 aromatic carbocycles. The number of methoxy groups -OCH3 is 1. The third-order valence-electron chi connectivity index (χ3n) is 4.28. The van der Waals surface area contributed by atoms with Gasteiger partial charge in [-0.15, -0.1) is 0 Å². The van der Waals surface area contributed by atoms with Crippen molar-refractivity contribution in [3.8, 4) is 11.5 Å². The summed E-state index contributed by atoms with van der Waals surface area (Å²) in [5.74, 6) is 1.68. The number of aryl methyl sites for hydroxylation is 2. The highest BCUT2D eigenvalue weighted by Crippen LogP contribution is 2.19. The number of hydrogen-bond acceptors (Lipinski definition) is 3. The van der Waals surface area contributed by atoms with Crippen LogP contribution < -0.4 is 19.7 Å². The van der Waals surface area contributed by atoms with E-state index in [1.165, 1.54) is 0 Å². The van der Waals surface area contributed by atoms with Gasteiger partial charge in [-0.2, -0.15) is 0 Å². The first kappa shape index (κ1) is 19.8. The lowest BCUT2D eigenvalue weighted by molar-refractivity contribution is -0.871. The molecular weight excluding hydrogens is 328 g/mol. The van der Waals surface area contributed by atoms with Gasteiger partial charge >= 0.3 is 0 Å². The van der Waals surface area contributed by atoms with Crippen molar-refractivity contribution in [1.29, 1.82) is 0 Å². The molecule has 0 aliphatic heterocycles. The van der Waals surface area contributed by atoms with Crippen molar-refractivity contribution >= 4 is 11.6 Å². The molecule has 0 fully saturated rings. The number of para-hydroxylation sites is 1. The number of carbonyl (C=O) groups excluding carboxylic acids is 1. The zero-order valence-corrected chi connectivity index (χ0v) is 16.1. The Morgan fingerprint density at radius 2 is 1.65 bits per heavy atom. The molecule has 0 saturated carbocycles. The van der Waals surface area contributed by atoms with E-state index >= 15 is 0 Å². The Bertz CT molecular complexity index is 693. The lowest BCUT2D eigenvalue weighted by atomic mass is 10.1. The Kier molecular flexibility index (Phi) is 7.48. The molecule has 1 unspecified atom stereocenters. The lowest BCUT2D eigenvalue weighted by Crippen LogP contribution is -3.10. The molecule has 0 aromatic heterocycles. The Morgan fingerprint density at radius 3 is 2.27 bits per heavy atom. The zero-order valence-electron chi connectivity index (χ0n) is 16.1. The van der Waals surface area contributed by atoms with Gasteiger partial charge in [0.1, 0.15) is 11.5 Å². The predicted octanol–water partition coefficient (Wildman–Crippen LogP) is 2.23. The lowest BCUT2D eigenvalue weighted by Gasteiger charge is -2.16. The number of ether oxygens (including phenoxy) is 2. The van der Waals surface area contributed by atoms with Crippen LogP contribution in [0.5, 0.6) is 11.5 Å². The van der Waals surface area contributed by atoms with Crippen molar-refractivity contribution < 1.29 is 19.2 Å². The van der Waals surface area contributed by atoms with Crippen LogP contribution >= 0.6 is 0 Å². The summed E-state index contributed by atoms with van der Waals surface area (Å²) in [6, 6.07) is 13.6. The molecule has 0 bridgehead atoms. The van der Waals surface area contributed by atoms with Crippen LogP contribution in [0.15, 0.2) is 42.5 Å². The highest BCUT2D eigenvalue weighted by Gasteiger charge is 2.12. The van der Waals surface area contributed by atoms with Gasteiger partial charge in [-0.05, 0) is 49.2 Å². The van der Waals surface area contributed by atoms with Crippen LogP contribution in [0.3, 0.4) is 0 Å². The fraction of sp³-hybridized carbons (Fsp3) is 0.381. The summed E-state index contributed by atoms with van der Waals surface area (Å²) >= 11 is 0. The maximum absolute atomic E-state index is 12.3. The fourth-order valence-electron chi connectivity index (χ4n) is 2.79. The minimum atomic E-state index is 0.0379. The van der Waals surface area contributed by atoms with Gasteiger partial charge in [-0.1, -0.05) is 18.2 Å². The molecule has 0 radical (unpaired) electrons. The number of benzene rings is 2. The second kappa shape index (κ2) is 9.82. The van der Waals surface area contributed by atoms with Crippen molar-refractivity contribution in [2.24, 2.45) is 0 Å². The summed E-state index contributed by atoms with van der Waals surface area (Å²) in [6.45, 7) is 5.96. The summed E-state index contributed by atoms with van der Waals surface area (Å²) in [4.78, 5) is 13.4. The van der Waals surface area contributed by atoms with Crippen molar-refractivity contribution in [1.82, 2.24) is 0 Å². The average Bonchev–Trinajstić information content (AvgIpc) is 2.62. The van der Waals surface area contributed by atoms with E-state index < -0.39 is 0 Å². The van der Waals surface area contributed by atoms with E-state index in [1.54, 1.807) is 7.11 Å². The van der Waals surface area contributed by atoms with Crippen LogP contribution in [0, 0.1) is 13.8 Å². The minimum Gasteiger partial charge on any atom is -0.497 e. The summed E-state index contributed by atoms with van der Waals surface area (Å²) in [7, 11) is 3.67. The highest BCUT2D eigenvalue weighted by atomic mass is 16.5. The highest BCUT2D eigenvalue weighted by molar-refractivity contribution is 5.93. The molecule has 0 saturated heterocycles.